The Kier molecular flexibility index (Phi) is 4.52. The maximum atomic E-state index is 13.6. The van der Waals surface area contributed by atoms with Gasteiger partial charge >= 0.3 is 0 Å². The van der Waals surface area contributed by atoms with Gasteiger partial charge in [0.25, 0.3) is 0 Å². The monoisotopic (exact) mass is 286 g/mol. The number of anilines is 1. The van der Waals surface area contributed by atoms with Crippen LogP contribution in [-0.2, 0) is 4.79 Å². The number of piperidine rings is 1. The van der Waals surface area contributed by atoms with Crippen LogP contribution in [0.3, 0.4) is 0 Å². The van der Waals surface area contributed by atoms with Crippen molar-refractivity contribution >= 4 is 23.3 Å². The highest BCUT2D eigenvalue weighted by Gasteiger charge is 2.22. The van der Waals surface area contributed by atoms with Crippen molar-refractivity contribution in [2.24, 2.45) is 5.92 Å². The third kappa shape index (κ3) is 3.76. The van der Waals surface area contributed by atoms with Crippen LogP contribution in [0.4, 0.5) is 10.2 Å². The lowest BCUT2D eigenvalue weighted by Crippen LogP contribution is -2.39. The number of aromatic nitrogens is 2. The van der Waals surface area contributed by atoms with Crippen LogP contribution in [0.2, 0.25) is 5.28 Å². The number of amides is 1. The van der Waals surface area contributed by atoms with Crippen molar-refractivity contribution < 1.29 is 9.18 Å². The molecule has 0 unspecified atom stereocenters. The number of nitrogens with one attached hydrogen (secondary N) is 1. The minimum atomic E-state index is -0.454. The third-order valence-electron chi connectivity index (χ3n) is 3.25. The van der Waals surface area contributed by atoms with E-state index in [4.69, 9.17) is 11.6 Å². The number of rotatable bonds is 3. The molecule has 1 aromatic heterocycles. The van der Waals surface area contributed by atoms with Gasteiger partial charge in [0.15, 0.2) is 11.6 Å². The summed E-state index contributed by atoms with van der Waals surface area (Å²) in [6, 6.07) is 0. The van der Waals surface area contributed by atoms with Crippen LogP contribution in [0.25, 0.3) is 0 Å². The summed E-state index contributed by atoms with van der Waals surface area (Å²) in [4.78, 5) is 20.3. The molecule has 104 valence electrons. The summed E-state index contributed by atoms with van der Waals surface area (Å²) in [6.45, 7) is 3.59. The molecule has 19 heavy (non-hydrogen) atoms. The van der Waals surface area contributed by atoms with E-state index < -0.39 is 5.82 Å². The molecule has 1 aromatic rings. The predicted molar refractivity (Wildman–Crippen MR) is 70.6 cm³/mol. The van der Waals surface area contributed by atoms with E-state index >= 15 is 0 Å². The van der Waals surface area contributed by atoms with Crippen LogP contribution < -0.4 is 10.2 Å². The van der Waals surface area contributed by atoms with Crippen molar-refractivity contribution in [2.75, 3.05) is 24.5 Å². The molecule has 1 amide bonds. The summed E-state index contributed by atoms with van der Waals surface area (Å²) >= 11 is 5.69. The van der Waals surface area contributed by atoms with Gasteiger partial charge in [-0.25, -0.2) is 9.37 Å². The molecule has 2 rings (SSSR count). The van der Waals surface area contributed by atoms with Crippen LogP contribution in [0, 0.1) is 11.7 Å². The van der Waals surface area contributed by atoms with E-state index in [0.29, 0.717) is 25.6 Å². The zero-order valence-corrected chi connectivity index (χ0v) is 11.5. The zero-order valence-electron chi connectivity index (χ0n) is 10.7. The normalized spacial score (nSPS) is 16.5. The van der Waals surface area contributed by atoms with Gasteiger partial charge in [0.1, 0.15) is 0 Å². The number of carbonyl (C=O) groups is 1. The van der Waals surface area contributed by atoms with Crippen molar-refractivity contribution in [3.63, 3.8) is 0 Å². The minimum absolute atomic E-state index is 0.0175. The van der Waals surface area contributed by atoms with E-state index in [2.05, 4.69) is 15.3 Å². The van der Waals surface area contributed by atoms with Gasteiger partial charge in [0, 0.05) is 26.6 Å². The predicted octanol–water partition coefficient (Wildman–Crippen LogP) is 1.62. The summed E-state index contributed by atoms with van der Waals surface area (Å²) in [7, 11) is 0. The molecule has 0 atom stereocenters. The molecule has 1 aliphatic rings. The fourth-order valence-corrected chi connectivity index (χ4v) is 2.32. The Bertz CT molecular complexity index is 463. The number of nitrogens with zero attached hydrogens (tertiary/aromatic N) is 3. The van der Waals surface area contributed by atoms with E-state index in [1.165, 1.54) is 6.92 Å². The first-order chi connectivity index (χ1) is 9.06. The Labute approximate surface area is 116 Å². The maximum Gasteiger partial charge on any atom is 0.224 e. The molecule has 1 aliphatic heterocycles. The maximum absolute atomic E-state index is 13.6. The summed E-state index contributed by atoms with van der Waals surface area (Å²) in [5.74, 6) is 0.222. The van der Waals surface area contributed by atoms with Gasteiger partial charge in [-0.05, 0) is 30.4 Å². The van der Waals surface area contributed by atoms with Crippen LogP contribution in [0.15, 0.2) is 6.20 Å². The number of hydrogen-bond donors (Lipinski definition) is 1. The van der Waals surface area contributed by atoms with E-state index in [1.807, 2.05) is 4.90 Å². The van der Waals surface area contributed by atoms with Gasteiger partial charge in [-0.3, -0.25) is 4.79 Å². The Hall–Kier alpha value is -1.43. The Morgan fingerprint density at radius 2 is 2.26 bits per heavy atom. The molecule has 2 heterocycles. The second kappa shape index (κ2) is 6.14. The molecule has 0 saturated carbocycles. The first-order valence-corrected chi connectivity index (χ1v) is 6.61. The fraction of sp³-hybridized carbons (Fsp3) is 0.583. The fourth-order valence-electron chi connectivity index (χ4n) is 2.20. The molecule has 7 heteroatoms. The van der Waals surface area contributed by atoms with E-state index in [9.17, 15) is 9.18 Å². The largest absolute Gasteiger partial charge is 0.356 e. The van der Waals surface area contributed by atoms with Gasteiger partial charge < -0.3 is 10.2 Å². The van der Waals surface area contributed by atoms with Gasteiger partial charge in [0.2, 0.25) is 11.2 Å². The lowest BCUT2D eigenvalue weighted by atomic mass is 9.97. The Morgan fingerprint density at radius 1 is 1.58 bits per heavy atom. The SMILES string of the molecule is CC(=O)NCC1CCN(c2nc(Cl)ncc2F)CC1. The molecule has 1 N–H and O–H groups in total. The van der Waals surface area contributed by atoms with E-state index in [-0.39, 0.29) is 17.0 Å². The summed E-state index contributed by atoms with van der Waals surface area (Å²) < 4.78 is 13.6. The van der Waals surface area contributed by atoms with E-state index in [0.717, 1.165) is 19.0 Å². The first kappa shape index (κ1) is 14.0. The summed E-state index contributed by atoms with van der Waals surface area (Å²) in [6.07, 6.45) is 2.87. The van der Waals surface area contributed by atoms with Gasteiger partial charge in [-0.15, -0.1) is 0 Å². The molecular weight excluding hydrogens is 271 g/mol. The van der Waals surface area contributed by atoms with Crippen molar-refractivity contribution in [1.82, 2.24) is 15.3 Å². The number of halogens is 2. The third-order valence-corrected chi connectivity index (χ3v) is 3.43. The molecule has 5 nitrogen and oxygen atoms in total. The van der Waals surface area contributed by atoms with Gasteiger partial charge in [0.05, 0.1) is 6.20 Å². The van der Waals surface area contributed by atoms with E-state index in [1.54, 1.807) is 0 Å². The second-order valence-electron chi connectivity index (χ2n) is 4.68. The van der Waals surface area contributed by atoms with Crippen molar-refractivity contribution in [3.05, 3.63) is 17.3 Å². The molecule has 0 bridgehead atoms. The highest BCUT2D eigenvalue weighted by molar-refractivity contribution is 6.28. The standard InChI is InChI=1S/C12H16ClFN4O/c1-8(19)15-6-9-2-4-18(5-3-9)11-10(14)7-16-12(13)17-11/h7,9H,2-6H2,1H3,(H,15,19). The van der Waals surface area contributed by atoms with Crippen LogP contribution in [-0.4, -0.2) is 35.5 Å². The van der Waals surface area contributed by atoms with Crippen molar-refractivity contribution in [2.45, 2.75) is 19.8 Å². The molecule has 0 aromatic carbocycles. The lowest BCUT2D eigenvalue weighted by molar-refractivity contribution is -0.119. The number of carbonyl (C=O) groups excluding carboxylic acids is 1. The topological polar surface area (TPSA) is 58.1 Å². The molecule has 0 aliphatic carbocycles. The van der Waals surface area contributed by atoms with Gasteiger partial charge in [-0.2, -0.15) is 4.98 Å². The van der Waals surface area contributed by atoms with Crippen LogP contribution >= 0.6 is 11.6 Å². The smallest absolute Gasteiger partial charge is 0.224 e. The lowest BCUT2D eigenvalue weighted by Gasteiger charge is -2.32. The van der Waals surface area contributed by atoms with Gasteiger partial charge in [-0.1, -0.05) is 0 Å². The Morgan fingerprint density at radius 3 is 2.89 bits per heavy atom. The second-order valence-corrected chi connectivity index (χ2v) is 5.02. The molecule has 0 spiro atoms. The first-order valence-electron chi connectivity index (χ1n) is 6.23. The zero-order chi connectivity index (χ0) is 13.8. The highest BCUT2D eigenvalue weighted by atomic mass is 35.5. The quantitative estimate of drug-likeness (QED) is 0.858. The molecule has 1 fully saturated rings. The minimum Gasteiger partial charge on any atom is -0.356 e. The molecule has 1 saturated heterocycles. The number of hydrogen-bond acceptors (Lipinski definition) is 4. The molecule has 0 radical (unpaired) electrons. The van der Waals surface area contributed by atoms with Crippen molar-refractivity contribution in [1.29, 1.82) is 0 Å². The Balaban J connectivity index is 1.92. The van der Waals surface area contributed by atoms with Crippen LogP contribution in [0.5, 0.6) is 0 Å². The summed E-state index contributed by atoms with van der Waals surface area (Å²) in [5.41, 5.74) is 0. The highest BCUT2D eigenvalue weighted by Crippen LogP contribution is 2.24. The summed E-state index contributed by atoms with van der Waals surface area (Å²) in [5, 5.41) is 2.86. The average Bonchev–Trinajstić information content (AvgIpc) is 2.40. The van der Waals surface area contributed by atoms with Crippen molar-refractivity contribution in [3.8, 4) is 0 Å². The van der Waals surface area contributed by atoms with Crippen LogP contribution in [0.1, 0.15) is 19.8 Å². The molecular formula is C12H16ClFN4O. The average molecular weight is 287 g/mol.